The number of likely N-dealkylation sites (tertiary alicyclic amines) is 1. The molecule has 3 rings (SSSR count). The Balaban J connectivity index is 1.73. The molecule has 0 radical (unpaired) electrons. The number of carboxylic acids is 1. The zero-order valence-corrected chi connectivity index (χ0v) is 13.3. The Hall–Kier alpha value is -2.32. The fourth-order valence-corrected chi connectivity index (χ4v) is 3.75. The van der Waals surface area contributed by atoms with Crippen LogP contribution in [0.4, 0.5) is 13.2 Å². The largest absolute Gasteiger partial charge is 0.481 e. The van der Waals surface area contributed by atoms with Gasteiger partial charge in [-0.15, -0.1) is 0 Å². The SMILES string of the molecule is O=C(c1ccnc(OCC(F)(F)F)c1)N1C[C@@H]2CCC[C@@]2(C(=O)O)C1. The van der Waals surface area contributed by atoms with Gasteiger partial charge >= 0.3 is 12.1 Å². The summed E-state index contributed by atoms with van der Waals surface area (Å²) in [5.41, 5.74) is -0.772. The van der Waals surface area contributed by atoms with Crippen molar-refractivity contribution in [1.29, 1.82) is 0 Å². The van der Waals surface area contributed by atoms with E-state index in [1.54, 1.807) is 0 Å². The molecule has 0 aromatic carbocycles. The maximum Gasteiger partial charge on any atom is 0.422 e. The summed E-state index contributed by atoms with van der Waals surface area (Å²) in [5.74, 6) is -1.70. The zero-order chi connectivity index (χ0) is 18.2. The van der Waals surface area contributed by atoms with Crippen LogP contribution in [0.15, 0.2) is 18.3 Å². The van der Waals surface area contributed by atoms with Crippen LogP contribution in [0, 0.1) is 11.3 Å². The Labute approximate surface area is 141 Å². The lowest BCUT2D eigenvalue weighted by atomic mass is 9.81. The molecule has 1 saturated carbocycles. The highest BCUT2D eigenvalue weighted by Gasteiger charge is 2.55. The molecule has 136 valence electrons. The average molecular weight is 358 g/mol. The Kier molecular flexibility index (Phi) is 4.34. The van der Waals surface area contributed by atoms with Gasteiger partial charge in [0, 0.05) is 30.9 Å². The minimum Gasteiger partial charge on any atom is -0.481 e. The number of pyridine rings is 1. The predicted octanol–water partition coefficient (Wildman–Crippen LogP) is 2.35. The molecule has 2 atom stereocenters. The van der Waals surface area contributed by atoms with E-state index in [2.05, 4.69) is 9.72 Å². The van der Waals surface area contributed by atoms with E-state index in [0.29, 0.717) is 13.0 Å². The van der Waals surface area contributed by atoms with Crippen LogP contribution in [0.25, 0.3) is 0 Å². The third-order valence-corrected chi connectivity index (χ3v) is 4.95. The van der Waals surface area contributed by atoms with Gasteiger partial charge in [-0.1, -0.05) is 6.42 Å². The quantitative estimate of drug-likeness (QED) is 0.894. The van der Waals surface area contributed by atoms with Gasteiger partial charge in [-0.25, -0.2) is 4.98 Å². The van der Waals surface area contributed by atoms with Crippen LogP contribution in [0.2, 0.25) is 0 Å². The number of fused-ring (bicyclic) bond motifs is 1. The number of nitrogens with zero attached hydrogens (tertiary/aromatic N) is 2. The highest BCUT2D eigenvalue weighted by atomic mass is 19.4. The van der Waals surface area contributed by atoms with E-state index in [1.807, 2.05) is 0 Å². The lowest BCUT2D eigenvalue weighted by molar-refractivity contribution is -0.154. The molecule has 1 amide bonds. The number of alkyl halides is 3. The van der Waals surface area contributed by atoms with E-state index in [-0.39, 0.29) is 23.9 Å². The van der Waals surface area contributed by atoms with Gasteiger partial charge in [0.25, 0.3) is 5.91 Å². The first-order valence-electron chi connectivity index (χ1n) is 7.89. The van der Waals surface area contributed by atoms with Crippen LogP contribution in [-0.2, 0) is 4.79 Å². The fraction of sp³-hybridized carbons (Fsp3) is 0.562. The summed E-state index contributed by atoms with van der Waals surface area (Å²) in [7, 11) is 0. The van der Waals surface area contributed by atoms with Crippen molar-refractivity contribution in [3.63, 3.8) is 0 Å². The van der Waals surface area contributed by atoms with Crippen molar-refractivity contribution in [3.05, 3.63) is 23.9 Å². The molecular weight excluding hydrogens is 341 g/mol. The van der Waals surface area contributed by atoms with E-state index >= 15 is 0 Å². The topological polar surface area (TPSA) is 79.7 Å². The Morgan fingerprint density at radius 1 is 1.44 bits per heavy atom. The molecule has 2 fully saturated rings. The molecule has 9 heteroatoms. The van der Waals surface area contributed by atoms with Crippen molar-refractivity contribution in [2.45, 2.75) is 25.4 Å². The number of ether oxygens (including phenoxy) is 1. The summed E-state index contributed by atoms with van der Waals surface area (Å²) in [4.78, 5) is 29.4. The average Bonchev–Trinajstić information content (AvgIpc) is 3.10. The normalized spacial score (nSPS) is 25.7. The first-order valence-corrected chi connectivity index (χ1v) is 7.89. The number of carboxylic acid groups (broad SMARTS) is 1. The predicted molar refractivity (Wildman–Crippen MR) is 79.1 cm³/mol. The molecule has 0 unspecified atom stereocenters. The second-order valence-electron chi connectivity index (χ2n) is 6.52. The molecule has 0 spiro atoms. The van der Waals surface area contributed by atoms with Gasteiger partial charge in [0.05, 0.1) is 5.41 Å². The molecular formula is C16H17F3N2O4. The van der Waals surface area contributed by atoms with Gasteiger partial charge in [0.2, 0.25) is 5.88 Å². The third-order valence-electron chi connectivity index (χ3n) is 4.95. The van der Waals surface area contributed by atoms with Crippen LogP contribution in [0.5, 0.6) is 5.88 Å². The Morgan fingerprint density at radius 3 is 2.84 bits per heavy atom. The van der Waals surface area contributed by atoms with Gasteiger partial charge < -0.3 is 14.7 Å². The monoisotopic (exact) mass is 358 g/mol. The summed E-state index contributed by atoms with van der Waals surface area (Å²) in [5, 5.41) is 9.56. The van der Waals surface area contributed by atoms with E-state index in [0.717, 1.165) is 18.9 Å². The standard InChI is InChI=1S/C16H17F3N2O4/c17-16(18,19)9-25-12-6-10(3-5-20-12)13(22)21-7-11-2-1-4-15(11,8-21)14(23)24/h3,5-6,11H,1-2,4,7-9H2,(H,23,24)/t11-,15+/m0/s1. The fourth-order valence-electron chi connectivity index (χ4n) is 3.75. The molecule has 1 saturated heterocycles. The molecule has 1 aromatic rings. The maximum atomic E-state index is 12.6. The summed E-state index contributed by atoms with van der Waals surface area (Å²) >= 11 is 0. The van der Waals surface area contributed by atoms with Gasteiger partial charge in [0.1, 0.15) is 0 Å². The van der Waals surface area contributed by atoms with E-state index < -0.39 is 30.1 Å². The first kappa shape index (κ1) is 17.5. The molecule has 1 N–H and O–H groups in total. The second-order valence-corrected chi connectivity index (χ2v) is 6.52. The van der Waals surface area contributed by atoms with Crippen LogP contribution in [-0.4, -0.2) is 52.7 Å². The molecule has 25 heavy (non-hydrogen) atoms. The van der Waals surface area contributed by atoms with Gasteiger partial charge in [-0.3, -0.25) is 9.59 Å². The Morgan fingerprint density at radius 2 is 2.20 bits per heavy atom. The number of rotatable bonds is 4. The molecule has 2 heterocycles. The molecule has 0 bridgehead atoms. The van der Waals surface area contributed by atoms with Gasteiger partial charge in [0.15, 0.2) is 6.61 Å². The second kappa shape index (κ2) is 6.20. The maximum absolute atomic E-state index is 12.6. The molecule has 1 aliphatic carbocycles. The lowest BCUT2D eigenvalue weighted by Crippen LogP contribution is -2.37. The van der Waals surface area contributed by atoms with Crippen LogP contribution >= 0.6 is 0 Å². The number of aromatic nitrogens is 1. The number of carbonyl (C=O) groups is 2. The van der Waals surface area contributed by atoms with Crippen LogP contribution in [0.3, 0.4) is 0 Å². The van der Waals surface area contributed by atoms with E-state index in [1.165, 1.54) is 17.2 Å². The van der Waals surface area contributed by atoms with Gasteiger partial charge in [-0.05, 0) is 24.8 Å². The van der Waals surface area contributed by atoms with E-state index in [9.17, 15) is 27.9 Å². The van der Waals surface area contributed by atoms with E-state index in [4.69, 9.17) is 0 Å². The number of amides is 1. The summed E-state index contributed by atoms with van der Waals surface area (Å²) in [6.07, 6.45) is -1.19. The zero-order valence-electron chi connectivity index (χ0n) is 13.3. The first-order chi connectivity index (χ1) is 11.7. The van der Waals surface area contributed by atoms with Crippen molar-refractivity contribution < 1.29 is 32.6 Å². The minimum atomic E-state index is -4.50. The number of aliphatic carboxylic acids is 1. The molecule has 2 aliphatic rings. The van der Waals surface area contributed by atoms with Crippen LogP contribution < -0.4 is 4.74 Å². The number of carbonyl (C=O) groups excluding carboxylic acids is 1. The highest BCUT2D eigenvalue weighted by molar-refractivity contribution is 5.95. The summed E-state index contributed by atoms with van der Waals surface area (Å²) < 4.78 is 41.2. The smallest absolute Gasteiger partial charge is 0.422 e. The van der Waals surface area contributed by atoms with Crippen molar-refractivity contribution in [3.8, 4) is 5.88 Å². The Bertz CT molecular complexity index is 694. The minimum absolute atomic E-state index is 0.0864. The summed E-state index contributed by atoms with van der Waals surface area (Å²) in [6, 6.07) is 2.53. The van der Waals surface area contributed by atoms with Crippen molar-refractivity contribution in [2.75, 3.05) is 19.7 Å². The van der Waals surface area contributed by atoms with Crippen LogP contribution in [0.1, 0.15) is 29.6 Å². The van der Waals surface area contributed by atoms with Crippen molar-refractivity contribution >= 4 is 11.9 Å². The number of hydrogen-bond donors (Lipinski definition) is 1. The molecule has 1 aromatic heterocycles. The summed E-state index contributed by atoms with van der Waals surface area (Å²) in [6.45, 7) is -1.04. The number of hydrogen-bond acceptors (Lipinski definition) is 4. The van der Waals surface area contributed by atoms with Crippen molar-refractivity contribution in [1.82, 2.24) is 9.88 Å². The molecule has 6 nitrogen and oxygen atoms in total. The van der Waals surface area contributed by atoms with Gasteiger partial charge in [-0.2, -0.15) is 13.2 Å². The highest BCUT2D eigenvalue weighted by Crippen LogP contribution is 2.49. The molecule has 1 aliphatic heterocycles. The van der Waals surface area contributed by atoms with Crippen molar-refractivity contribution in [2.24, 2.45) is 11.3 Å². The number of halogens is 3. The third kappa shape index (κ3) is 3.40. The lowest BCUT2D eigenvalue weighted by Gasteiger charge is -2.23.